The van der Waals surface area contributed by atoms with E-state index in [0.717, 1.165) is 29.8 Å². The molecule has 110 valence electrons. The lowest BCUT2D eigenvalue weighted by molar-refractivity contribution is 0.0536. The fourth-order valence-electron chi connectivity index (χ4n) is 4.07. The van der Waals surface area contributed by atoms with Crippen LogP contribution in [0.3, 0.4) is 0 Å². The number of nitrogen functional groups attached to an aromatic ring is 1. The van der Waals surface area contributed by atoms with E-state index in [1.807, 2.05) is 13.1 Å². The Bertz CT molecular complexity index is 481. The van der Waals surface area contributed by atoms with Gasteiger partial charge in [-0.15, -0.1) is 0 Å². The van der Waals surface area contributed by atoms with E-state index in [4.69, 9.17) is 5.73 Å². The lowest BCUT2D eigenvalue weighted by Crippen LogP contribution is -2.46. The summed E-state index contributed by atoms with van der Waals surface area (Å²) in [5.74, 6) is 0.931. The number of anilines is 1. The van der Waals surface area contributed by atoms with E-state index in [1.165, 1.54) is 56.3 Å². The molecule has 2 unspecified atom stereocenters. The van der Waals surface area contributed by atoms with Gasteiger partial charge in [0.25, 0.3) is 0 Å². The van der Waals surface area contributed by atoms with Crippen LogP contribution in [0.4, 0.5) is 5.69 Å². The molecular formula is C17H27N3. The first-order valence-corrected chi connectivity index (χ1v) is 8.11. The highest BCUT2D eigenvalue weighted by molar-refractivity contribution is 5.53. The molecule has 1 aromatic heterocycles. The predicted octanol–water partition coefficient (Wildman–Crippen LogP) is 3.44. The summed E-state index contributed by atoms with van der Waals surface area (Å²) < 4.78 is 0. The summed E-state index contributed by atoms with van der Waals surface area (Å²) in [5, 5.41) is 0. The Kier molecular flexibility index (Phi) is 3.97. The van der Waals surface area contributed by atoms with Crippen LogP contribution in [0, 0.1) is 19.8 Å². The third-order valence-electron chi connectivity index (χ3n) is 5.39. The quantitative estimate of drug-likeness (QED) is 0.897. The van der Waals surface area contributed by atoms with E-state index < -0.39 is 0 Å². The van der Waals surface area contributed by atoms with Crippen LogP contribution in [0.15, 0.2) is 6.20 Å². The van der Waals surface area contributed by atoms with Crippen LogP contribution in [0.1, 0.15) is 55.3 Å². The molecule has 1 aliphatic heterocycles. The van der Waals surface area contributed by atoms with Gasteiger partial charge in [-0.05, 0) is 63.1 Å². The molecule has 1 saturated heterocycles. The van der Waals surface area contributed by atoms with E-state index in [-0.39, 0.29) is 0 Å². The first-order chi connectivity index (χ1) is 9.66. The van der Waals surface area contributed by atoms with Crippen LogP contribution < -0.4 is 5.73 Å². The van der Waals surface area contributed by atoms with E-state index in [2.05, 4.69) is 16.8 Å². The van der Waals surface area contributed by atoms with Gasteiger partial charge in [0.2, 0.25) is 0 Å². The fourth-order valence-corrected chi connectivity index (χ4v) is 4.07. The summed E-state index contributed by atoms with van der Waals surface area (Å²) >= 11 is 0. The molecule has 2 heterocycles. The summed E-state index contributed by atoms with van der Waals surface area (Å²) in [4.78, 5) is 7.33. The molecule has 1 aromatic rings. The molecule has 3 rings (SSSR count). The summed E-state index contributed by atoms with van der Waals surface area (Å²) in [6.07, 6.45) is 10.4. The Hall–Kier alpha value is -1.09. The maximum Gasteiger partial charge on any atom is 0.0593 e. The highest BCUT2D eigenvalue weighted by Crippen LogP contribution is 2.36. The zero-order valence-electron chi connectivity index (χ0n) is 12.9. The van der Waals surface area contributed by atoms with Crippen molar-refractivity contribution in [3.63, 3.8) is 0 Å². The third kappa shape index (κ3) is 2.56. The number of aromatic nitrogens is 1. The monoisotopic (exact) mass is 273 g/mol. The van der Waals surface area contributed by atoms with Crippen LogP contribution in [-0.2, 0) is 6.54 Å². The van der Waals surface area contributed by atoms with E-state index in [1.54, 1.807) is 0 Å². The van der Waals surface area contributed by atoms with Gasteiger partial charge in [0, 0.05) is 24.5 Å². The van der Waals surface area contributed by atoms with Crippen LogP contribution in [0.25, 0.3) is 0 Å². The Morgan fingerprint density at radius 3 is 2.80 bits per heavy atom. The Balaban J connectivity index is 1.78. The van der Waals surface area contributed by atoms with E-state index >= 15 is 0 Å². The predicted molar refractivity (Wildman–Crippen MR) is 83.5 cm³/mol. The van der Waals surface area contributed by atoms with Crippen molar-refractivity contribution in [3.8, 4) is 0 Å². The van der Waals surface area contributed by atoms with Crippen LogP contribution >= 0.6 is 0 Å². The average Bonchev–Trinajstić information content (AvgIpc) is 2.48. The van der Waals surface area contributed by atoms with Crippen molar-refractivity contribution < 1.29 is 0 Å². The van der Waals surface area contributed by atoms with Crippen molar-refractivity contribution in [1.29, 1.82) is 0 Å². The molecule has 2 N–H and O–H groups in total. The highest BCUT2D eigenvalue weighted by atomic mass is 15.2. The molecule has 2 atom stereocenters. The zero-order chi connectivity index (χ0) is 14.1. The molecule has 0 amide bonds. The lowest BCUT2D eigenvalue weighted by Gasteiger charge is -2.44. The molecule has 3 nitrogen and oxygen atoms in total. The van der Waals surface area contributed by atoms with Crippen LogP contribution in [-0.4, -0.2) is 22.5 Å². The highest BCUT2D eigenvalue weighted by Gasteiger charge is 2.33. The van der Waals surface area contributed by atoms with Gasteiger partial charge in [-0.1, -0.05) is 12.8 Å². The van der Waals surface area contributed by atoms with Gasteiger partial charge in [0.05, 0.1) is 5.69 Å². The fraction of sp³-hybridized carbons (Fsp3) is 0.706. The zero-order valence-corrected chi connectivity index (χ0v) is 12.9. The van der Waals surface area contributed by atoms with Gasteiger partial charge in [-0.3, -0.25) is 9.88 Å². The minimum atomic E-state index is 0.793. The Labute approximate surface area is 122 Å². The lowest BCUT2D eigenvalue weighted by atomic mass is 9.78. The van der Waals surface area contributed by atoms with Gasteiger partial charge in [0.15, 0.2) is 0 Å². The normalized spacial score (nSPS) is 27.3. The number of likely N-dealkylation sites (tertiary alicyclic amines) is 1. The number of hydrogen-bond donors (Lipinski definition) is 1. The summed E-state index contributed by atoms with van der Waals surface area (Å²) in [5.41, 5.74) is 10.5. The van der Waals surface area contributed by atoms with Crippen molar-refractivity contribution in [3.05, 3.63) is 23.0 Å². The number of hydrogen-bond acceptors (Lipinski definition) is 3. The molecule has 1 aliphatic carbocycles. The van der Waals surface area contributed by atoms with Crippen molar-refractivity contribution in [2.24, 2.45) is 5.92 Å². The summed E-state index contributed by atoms with van der Waals surface area (Å²) in [6, 6.07) is 0.793. The molecule has 1 saturated carbocycles. The van der Waals surface area contributed by atoms with Crippen molar-refractivity contribution in [2.45, 2.75) is 65.0 Å². The van der Waals surface area contributed by atoms with Gasteiger partial charge >= 0.3 is 0 Å². The number of pyridine rings is 1. The largest absolute Gasteiger partial charge is 0.398 e. The summed E-state index contributed by atoms with van der Waals surface area (Å²) in [7, 11) is 0. The molecule has 20 heavy (non-hydrogen) atoms. The topological polar surface area (TPSA) is 42.2 Å². The number of piperidine rings is 1. The van der Waals surface area contributed by atoms with Gasteiger partial charge in [-0.2, -0.15) is 0 Å². The maximum atomic E-state index is 6.16. The third-order valence-corrected chi connectivity index (χ3v) is 5.39. The second-order valence-corrected chi connectivity index (χ2v) is 6.65. The number of nitrogens with zero attached hydrogens (tertiary/aromatic N) is 2. The van der Waals surface area contributed by atoms with Gasteiger partial charge < -0.3 is 5.73 Å². The van der Waals surface area contributed by atoms with Gasteiger partial charge in [-0.25, -0.2) is 0 Å². The van der Waals surface area contributed by atoms with Crippen molar-refractivity contribution in [1.82, 2.24) is 9.88 Å². The van der Waals surface area contributed by atoms with Crippen molar-refractivity contribution in [2.75, 3.05) is 12.3 Å². The second kappa shape index (κ2) is 5.72. The average molecular weight is 273 g/mol. The maximum absolute atomic E-state index is 6.16. The minimum Gasteiger partial charge on any atom is -0.398 e. The standard InChI is InChI=1S/C17H27N3/c1-12-10-19-15(13(2)17(12)18)11-20-9-5-7-14-6-3-4-8-16(14)20/h10,14,16H,3-9,11H2,1-2H3,(H2,18,19). The second-order valence-electron chi connectivity index (χ2n) is 6.65. The molecule has 0 spiro atoms. The molecule has 0 bridgehead atoms. The number of rotatable bonds is 2. The molecular weight excluding hydrogens is 246 g/mol. The molecule has 0 aromatic carbocycles. The SMILES string of the molecule is Cc1cnc(CN2CCCC3CCCCC32)c(C)c1N. The number of aryl methyl sites for hydroxylation is 1. The smallest absolute Gasteiger partial charge is 0.0593 e. The number of nitrogens with two attached hydrogens (primary N) is 1. The van der Waals surface area contributed by atoms with Crippen LogP contribution in [0.5, 0.6) is 0 Å². The molecule has 2 fully saturated rings. The van der Waals surface area contributed by atoms with E-state index in [0.29, 0.717) is 0 Å². The molecule has 3 heteroatoms. The number of fused-ring (bicyclic) bond motifs is 1. The Morgan fingerprint density at radius 1 is 1.20 bits per heavy atom. The molecule has 2 aliphatic rings. The summed E-state index contributed by atoms with van der Waals surface area (Å²) in [6.45, 7) is 6.37. The first-order valence-electron chi connectivity index (χ1n) is 8.11. The van der Waals surface area contributed by atoms with E-state index in [9.17, 15) is 0 Å². The van der Waals surface area contributed by atoms with Crippen LogP contribution in [0.2, 0.25) is 0 Å². The molecule has 0 radical (unpaired) electrons. The Morgan fingerprint density at radius 2 is 1.95 bits per heavy atom. The van der Waals surface area contributed by atoms with Crippen molar-refractivity contribution >= 4 is 5.69 Å². The minimum absolute atomic E-state index is 0.793. The van der Waals surface area contributed by atoms with Gasteiger partial charge in [0.1, 0.15) is 0 Å². The first kappa shape index (κ1) is 13.9.